The molecule has 1 aliphatic carbocycles. The topological polar surface area (TPSA) is 50.2 Å². The largest absolute Gasteiger partial charge is 0.348 e. The number of nitrogens with zero attached hydrogens (tertiary/aromatic N) is 3. The summed E-state index contributed by atoms with van der Waals surface area (Å²) in [7, 11) is 4.20. The van der Waals surface area contributed by atoms with Crippen LogP contribution in [0.25, 0.3) is 16.9 Å². The van der Waals surface area contributed by atoms with Crippen molar-refractivity contribution in [1.29, 1.82) is 0 Å². The van der Waals surface area contributed by atoms with Crippen LogP contribution in [0.1, 0.15) is 41.7 Å². The van der Waals surface area contributed by atoms with Crippen molar-refractivity contribution in [3.05, 3.63) is 69.8 Å². The van der Waals surface area contributed by atoms with Crippen molar-refractivity contribution in [1.82, 2.24) is 20.0 Å². The molecule has 1 saturated carbocycles. The zero-order chi connectivity index (χ0) is 22.8. The van der Waals surface area contributed by atoms with E-state index in [9.17, 15) is 4.79 Å². The van der Waals surface area contributed by atoms with E-state index in [0.29, 0.717) is 27.5 Å². The van der Waals surface area contributed by atoms with Gasteiger partial charge in [-0.1, -0.05) is 53.5 Å². The second-order valence-corrected chi connectivity index (χ2v) is 9.49. The van der Waals surface area contributed by atoms with Crippen molar-refractivity contribution in [2.45, 2.75) is 44.7 Å². The van der Waals surface area contributed by atoms with E-state index < -0.39 is 0 Å². The number of halogens is 2. The first-order chi connectivity index (χ1) is 15.3. The molecule has 7 heteroatoms. The van der Waals surface area contributed by atoms with Crippen LogP contribution in [0.15, 0.2) is 48.5 Å². The van der Waals surface area contributed by atoms with Gasteiger partial charge in [-0.2, -0.15) is 5.10 Å². The van der Waals surface area contributed by atoms with E-state index in [4.69, 9.17) is 28.3 Å². The molecule has 0 saturated heterocycles. The van der Waals surface area contributed by atoms with Gasteiger partial charge in [0.1, 0.15) is 0 Å². The summed E-state index contributed by atoms with van der Waals surface area (Å²) < 4.78 is 1.75. The molecule has 1 amide bonds. The first-order valence-corrected chi connectivity index (χ1v) is 11.7. The number of carbonyl (C=O) groups excluding carboxylic acids is 1. The maximum absolute atomic E-state index is 13.3. The predicted octanol–water partition coefficient (Wildman–Crippen LogP) is 5.76. The fraction of sp³-hybridized carbons (Fsp3) is 0.360. The molecule has 2 aromatic carbocycles. The first kappa shape index (κ1) is 22.8. The lowest BCUT2D eigenvalue weighted by Crippen LogP contribution is -2.44. The summed E-state index contributed by atoms with van der Waals surface area (Å²) in [5.41, 5.74) is 3.73. The van der Waals surface area contributed by atoms with Crippen LogP contribution < -0.4 is 5.32 Å². The lowest BCUT2D eigenvalue weighted by atomic mass is 9.90. The molecule has 5 nitrogen and oxygen atoms in total. The average Bonchev–Trinajstić information content (AvgIpc) is 3.11. The Morgan fingerprint density at radius 1 is 1.12 bits per heavy atom. The monoisotopic (exact) mass is 470 g/mol. The van der Waals surface area contributed by atoms with Crippen LogP contribution in [0.2, 0.25) is 10.0 Å². The molecule has 4 rings (SSSR count). The number of nitrogens with one attached hydrogen (secondary N) is 1. The maximum atomic E-state index is 13.3. The summed E-state index contributed by atoms with van der Waals surface area (Å²) in [5.74, 6) is -0.145. The summed E-state index contributed by atoms with van der Waals surface area (Å²) in [4.78, 5) is 15.6. The quantitative estimate of drug-likeness (QED) is 0.515. The number of aromatic nitrogens is 2. The highest BCUT2D eigenvalue weighted by Gasteiger charge is 2.28. The molecular weight excluding hydrogens is 443 g/mol. The van der Waals surface area contributed by atoms with Gasteiger partial charge in [0, 0.05) is 28.2 Å². The minimum Gasteiger partial charge on any atom is -0.348 e. The lowest BCUT2D eigenvalue weighted by molar-refractivity contribution is 0.0905. The molecule has 0 spiro atoms. The minimum absolute atomic E-state index is 0.145. The molecule has 1 fully saturated rings. The van der Waals surface area contributed by atoms with E-state index in [1.807, 2.05) is 43.3 Å². The van der Waals surface area contributed by atoms with Gasteiger partial charge in [-0.15, -0.1) is 0 Å². The van der Waals surface area contributed by atoms with Crippen LogP contribution in [0, 0.1) is 6.92 Å². The van der Waals surface area contributed by atoms with Gasteiger partial charge in [0.15, 0.2) is 5.69 Å². The highest BCUT2D eigenvalue weighted by atomic mass is 35.5. The third kappa shape index (κ3) is 4.70. The lowest BCUT2D eigenvalue weighted by Gasteiger charge is -2.33. The molecule has 0 aliphatic heterocycles. The Hall–Kier alpha value is -2.34. The van der Waals surface area contributed by atoms with Crippen molar-refractivity contribution < 1.29 is 4.79 Å². The van der Waals surface area contributed by atoms with Crippen LogP contribution in [-0.4, -0.2) is 46.8 Å². The zero-order valence-electron chi connectivity index (χ0n) is 18.6. The number of benzene rings is 2. The van der Waals surface area contributed by atoms with Gasteiger partial charge in [0.25, 0.3) is 5.91 Å². The smallest absolute Gasteiger partial charge is 0.272 e. The van der Waals surface area contributed by atoms with Crippen LogP contribution in [0.3, 0.4) is 0 Å². The molecule has 32 heavy (non-hydrogen) atoms. The second kappa shape index (κ2) is 9.65. The van der Waals surface area contributed by atoms with Gasteiger partial charge in [-0.05, 0) is 64.9 Å². The Kier molecular flexibility index (Phi) is 6.89. The number of hydrogen-bond acceptors (Lipinski definition) is 3. The molecule has 1 N–H and O–H groups in total. The molecule has 0 radical (unpaired) electrons. The Bertz CT molecular complexity index is 1110. The SMILES string of the molecule is Cc1c(C(=O)N[C@@H]2CCC[C@H](N(C)C)C2)nn(-c2ccc(Cl)cc2Cl)c1-c1ccccc1. The van der Waals surface area contributed by atoms with Crippen molar-refractivity contribution in [2.24, 2.45) is 0 Å². The third-order valence-electron chi connectivity index (χ3n) is 6.23. The summed E-state index contributed by atoms with van der Waals surface area (Å²) in [5, 5.41) is 8.99. The van der Waals surface area contributed by atoms with Crippen molar-refractivity contribution >= 4 is 29.1 Å². The van der Waals surface area contributed by atoms with Gasteiger partial charge >= 0.3 is 0 Å². The number of carbonyl (C=O) groups is 1. The molecule has 1 aromatic heterocycles. The fourth-order valence-electron chi connectivity index (χ4n) is 4.49. The number of amides is 1. The average molecular weight is 471 g/mol. The fourth-order valence-corrected chi connectivity index (χ4v) is 4.98. The predicted molar refractivity (Wildman–Crippen MR) is 131 cm³/mol. The van der Waals surface area contributed by atoms with Gasteiger partial charge < -0.3 is 10.2 Å². The highest BCUT2D eigenvalue weighted by molar-refractivity contribution is 6.35. The minimum atomic E-state index is -0.145. The standard InChI is InChI=1S/C25H28Cl2N4O/c1-16-23(25(32)28-19-10-7-11-20(15-19)30(2)3)29-31(22-13-12-18(26)14-21(22)27)24(16)17-8-5-4-6-9-17/h4-6,8-9,12-14,19-20H,7,10-11,15H2,1-3H3,(H,28,32)/t19-,20+/m1/s1. The normalized spacial score (nSPS) is 18.7. The summed E-state index contributed by atoms with van der Waals surface area (Å²) >= 11 is 12.6. The second-order valence-electron chi connectivity index (χ2n) is 8.65. The van der Waals surface area contributed by atoms with E-state index in [-0.39, 0.29) is 11.9 Å². The molecule has 2 atom stereocenters. The van der Waals surface area contributed by atoms with Gasteiger partial charge in [0.2, 0.25) is 0 Å². The van der Waals surface area contributed by atoms with Crippen LogP contribution in [0.5, 0.6) is 0 Å². The molecule has 0 unspecified atom stereocenters. The zero-order valence-corrected chi connectivity index (χ0v) is 20.1. The highest BCUT2D eigenvalue weighted by Crippen LogP contribution is 2.33. The van der Waals surface area contributed by atoms with E-state index in [2.05, 4.69) is 24.3 Å². The molecule has 0 bridgehead atoms. The summed E-state index contributed by atoms with van der Waals surface area (Å²) in [6, 6.07) is 15.8. The van der Waals surface area contributed by atoms with Crippen LogP contribution in [-0.2, 0) is 0 Å². The van der Waals surface area contributed by atoms with Gasteiger partial charge in [0.05, 0.1) is 16.4 Å². The number of hydrogen-bond donors (Lipinski definition) is 1. The summed E-state index contributed by atoms with van der Waals surface area (Å²) in [6.07, 6.45) is 4.22. The van der Waals surface area contributed by atoms with E-state index in [1.165, 1.54) is 6.42 Å². The van der Waals surface area contributed by atoms with E-state index in [0.717, 1.165) is 36.1 Å². The number of rotatable bonds is 5. The van der Waals surface area contributed by atoms with Crippen LogP contribution >= 0.6 is 23.2 Å². The Labute approximate surface area is 199 Å². The van der Waals surface area contributed by atoms with Crippen LogP contribution in [0.4, 0.5) is 0 Å². The summed E-state index contributed by atoms with van der Waals surface area (Å²) in [6.45, 7) is 1.94. The maximum Gasteiger partial charge on any atom is 0.272 e. The molecular formula is C25H28Cl2N4O. The Morgan fingerprint density at radius 3 is 2.56 bits per heavy atom. The van der Waals surface area contributed by atoms with E-state index >= 15 is 0 Å². The van der Waals surface area contributed by atoms with Crippen molar-refractivity contribution in [2.75, 3.05) is 14.1 Å². The third-order valence-corrected chi connectivity index (χ3v) is 6.77. The Balaban J connectivity index is 1.72. The molecule has 168 valence electrons. The molecule has 1 aliphatic rings. The van der Waals surface area contributed by atoms with Gasteiger partial charge in [-0.25, -0.2) is 4.68 Å². The van der Waals surface area contributed by atoms with Crippen molar-refractivity contribution in [3.8, 4) is 16.9 Å². The first-order valence-electron chi connectivity index (χ1n) is 10.9. The van der Waals surface area contributed by atoms with E-state index in [1.54, 1.807) is 16.8 Å². The molecule has 3 aromatic rings. The van der Waals surface area contributed by atoms with Crippen molar-refractivity contribution in [3.63, 3.8) is 0 Å². The molecule has 1 heterocycles. The van der Waals surface area contributed by atoms with Gasteiger partial charge in [-0.3, -0.25) is 4.79 Å². The Morgan fingerprint density at radius 2 is 1.88 bits per heavy atom.